The van der Waals surface area contributed by atoms with Crippen molar-refractivity contribution < 1.29 is 14.7 Å². The Bertz CT molecular complexity index is 829. The molecule has 0 radical (unpaired) electrons. The Balaban J connectivity index is 1.48. The third-order valence-electron chi connectivity index (χ3n) is 5.45. The molecule has 2 fully saturated rings. The molecular formula is C20H21NO3S. The Kier molecular flexibility index (Phi) is 4.20. The zero-order valence-electron chi connectivity index (χ0n) is 13.9. The molecule has 2 aromatic carbocycles. The third-order valence-corrected chi connectivity index (χ3v) is 6.43. The highest BCUT2D eigenvalue weighted by Gasteiger charge is 2.48. The fraction of sp³-hybridized carbons (Fsp3) is 0.400. The minimum absolute atomic E-state index is 0.104. The van der Waals surface area contributed by atoms with Crippen molar-refractivity contribution in [3.05, 3.63) is 48.0 Å². The smallest absolute Gasteiger partial charge is 0.329 e. The molecule has 130 valence electrons. The van der Waals surface area contributed by atoms with Gasteiger partial charge in [0.05, 0.1) is 0 Å². The van der Waals surface area contributed by atoms with Crippen molar-refractivity contribution in [1.29, 1.82) is 0 Å². The summed E-state index contributed by atoms with van der Waals surface area (Å²) in [6.07, 6.45) is 1.81. The molecule has 2 aromatic rings. The summed E-state index contributed by atoms with van der Waals surface area (Å²) in [5.74, 6) is 0.661. The van der Waals surface area contributed by atoms with Crippen LogP contribution in [-0.2, 0) is 9.59 Å². The van der Waals surface area contributed by atoms with Gasteiger partial charge in [-0.1, -0.05) is 42.5 Å². The van der Waals surface area contributed by atoms with Crippen molar-refractivity contribution in [1.82, 2.24) is 5.32 Å². The molecule has 4 nitrogen and oxygen atoms in total. The fourth-order valence-electron chi connectivity index (χ4n) is 3.73. The van der Waals surface area contributed by atoms with Gasteiger partial charge < -0.3 is 10.4 Å². The zero-order chi connectivity index (χ0) is 17.4. The Morgan fingerprint density at radius 2 is 1.80 bits per heavy atom. The molecule has 0 aromatic heterocycles. The Morgan fingerprint density at radius 1 is 1.08 bits per heavy atom. The number of carbonyl (C=O) groups is 2. The van der Waals surface area contributed by atoms with Gasteiger partial charge in [0.2, 0.25) is 5.91 Å². The van der Waals surface area contributed by atoms with Crippen LogP contribution in [0, 0.1) is 5.92 Å². The number of carbonyl (C=O) groups excluding carboxylic acids is 1. The first-order valence-electron chi connectivity index (χ1n) is 8.71. The van der Waals surface area contributed by atoms with Gasteiger partial charge in [-0.25, -0.2) is 4.79 Å². The predicted octanol–water partition coefficient (Wildman–Crippen LogP) is 3.41. The van der Waals surface area contributed by atoms with E-state index in [2.05, 4.69) is 35.6 Å². The maximum Gasteiger partial charge on any atom is 0.329 e. The van der Waals surface area contributed by atoms with E-state index in [1.807, 2.05) is 12.1 Å². The van der Waals surface area contributed by atoms with Gasteiger partial charge in [0.15, 0.2) is 0 Å². The molecule has 0 bridgehead atoms. The molecule has 1 heterocycles. The number of carboxylic acid groups (broad SMARTS) is 1. The Labute approximate surface area is 151 Å². The number of rotatable bonds is 4. The van der Waals surface area contributed by atoms with Crippen molar-refractivity contribution in [2.75, 3.05) is 11.5 Å². The second-order valence-corrected chi connectivity index (χ2v) is 8.27. The predicted molar refractivity (Wildman–Crippen MR) is 99.9 cm³/mol. The van der Waals surface area contributed by atoms with Gasteiger partial charge in [-0.05, 0) is 53.0 Å². The lowest BCUT2D eigenvalue weighted by Gasteiger charge is -2.33. The van der Waals surface area contributed by atoms with Crippen LogP contribution in [0.25, 0.3) is 10.8 Å². The molecular weight excluding hydrogens is 334 g/mol. The van der Waals surface area contributed by atoms with Crippen LogP contribution >= 0.6 is 11.8 Å². The first-order chi connectivity index (χ1) is 12.1. The Hall–Kier alpha value is -2.01. The quantitative estimate of drug-likeness (QED) is 0.882. The largest absolute Gasteiger partial charge is 0.480 e. The van der Waals surface area contributed by atoms with E-state index in [0.29, 0.717) is 12.8 Å². The highest BCUT2D eigenvalue weighted by molar-refractivity contribution is 7.99. The fourth-order valence-corrected chi connectivity index (χ4v) is 4.92. The number of aliphatic carboxylic acids is 1. The van der Waals surface area contributed by atoms with Gasteiger partial charge in [-0.15, -0.1) is 0 Å². The van der Waals surface area contributed by atoms with Crippen LogP contribution < -0.4 is 5.32 Å². The molecule has 1 saturated carbocycles. The summed E-state index contributed by atoms with van der Waals surface area (Å²) in [6.45, 7) is 0. The summed E-state index contributed by atoms with van der Waals surface area (Å²) >= 11 is 1.75. The summed E-state index contributed by atoms with van der Waals surface area (Å²) in [5, 5.41) is 14.9. The average molecular weight is 355 g/mol. The average Bonchev–Trinajstić information content (AvgIpc) is 3.43. The Morgan fingerprint density at radius 3 is 2.52 bits per heavy atom. The van der Waals surface area contributed by atoms with Gasteiger partial charge in [0.25, 0.3) is 0 Å². The van der Waals surface area contributed by atoms with E-state index in [0.717, 1.165) is 17.9 Å². The molecule has 4 rings (SSSR count). The number of fused-ring (bicyclic) bond motifs is 1. The van der Waals surface area contributed by atoms with E-state index >= 15 is 0 Å². The van der Waals surface area contributed by atoms with Crippen LogP contribution in [-0.4, -0.2) is 34.0 Å². The number of carboxylic acids is 1. The van der Waals surface area contributed by atoms with E-state index in [1.54, 1.807) is 11.8 Å². The minimum Gasteiger partial charge on any atom is -0.480 e. The molecule has 1 amide bonds. The number of hydrogen-bond donors (Lipinski definition) is 2. The molecule has 25 heavy (non-hydrogen) atoms. The van der Waals surface area contributed by atoms with Crippen LogP contribution in [0.2, 0.25) is 0 Å². The summed E-state index contributed by atoms with van der Waals surface area (Å²) in [4.78, 5) is 24.4. The summed E-state index contributed by atoms with van der Waals surface area (Å²) in [7, 11) is 0. The van der Waals surface area contributed by atoms with Gasteiger partial charge >= 0.3 is 5.97 Å². The number of amides is 1. The summed E-state index contributed by atoms with van der Waals surface area (Å²) < 4.78 is 0. The van der Waals surface area contributed by atoms with Gasteiger partial charge in [-0.2, -0.15) is 11.8 Å². The lowest BCUT2D eigenvalue weighted by molar-refractivity contribution is -0.148. The van der Waals surface area contributed by atoms with Crippen molar-refractivity contribution in [2.45, 2.75) is 30.7 Å². The lowest BCUT2D eigenvalue weighted by Crippen LogP contribution is -2.57. The van der Waals surface area contributed by atoms with E-state index < -0.39 is 11.5 Å². The molecule has 2 atom stereocenters. The van der Waals surface area contributed by atoms with Crippen molar-refractivity contribution in [3.63, 3.8) is 0 Å². The normalized spacial score (nSPS) is 24.6. The molecule has 2 unspecified atom stereocenters. The van der Waals surface area contributed by atoms with E-state index in [9.17, 15) is 14.7 Å². The van der Waals surface area contributed by atoms with Crippen molar-refractivity contribution >= 4 is 34.4 Å². The lowest BCUT2D eigenvalue weighted by atomic mass is 9.92. The monoisotopic (exact) mass is 355 g/mol. The molecule has 2 aliphatic rings. The van der Waals surface area contributed by atoms with Crippen LogP contribution in [0.3, 0.4) is 0 Å². The van der Waals surface area contributed by atoms with Gasteiger partial charge in [-0.3, -0.25) is 4.79 Å². The molecule has 1 saturated heterocycles. The topological polar surface area (TPSA) is 66.4 Å². The first kappa shape index (κ1) is 16.5. The second-order valence-electron chi connectivity index (χ2n) is 7.04. The number of thioether (sulfide) groups is 1. The van der Waals surface area contributed by atoms with E-state index in [1.165, 1.54) is 16.3 Å². The molecule has 1 aliphatic carbocycles. The van der Waals surface area contributed by atoms with Gasteiger partial charge in [0, 0.05) is 5.92 Å². The number of benzene rings is 2. The molecule has 1 aliphatic heterocycles. The summed E-state index contributed by atoms with van der Waals surface area (Å²) in [6, 6.07) is 14.5. The van der Waals surface area contributed by atoms with E-state index in [4.69, 9.17) is 0 Å². The van der Waals surface area contributed by atoms with Crippen LogP contribution in [0.1, 0.15) is 30.7 Å². The summed E-state index contributed by atoms with van der Waals surface area (Å²) in [5.41, 5.74) is 0.0983. The highest BCUT2D eigenvalue weighted by atomic mass is 32.2. The number of hydrogen-bond acceptors (Lipinski definition) is 3. The van der Waals surface area contributed by atoms with Gasteiger partial charge in [0.1, 0.15) is 5.54 Å². The number of nitrogens with one attached hydrogen (secondary N) is 1. The second kappa shape index (κ2) is 6.37. The first-order valence-corrected chi connectivity index (χ1v) is 9.86. The molecule has 0 spiro atoms. The van der Waals surface area contributed by atoms with Crippen LogP contribution in [0.4, 0.5) is 0 Å². The standard InChI is InChI=1S/C20H21NO3S/c22-18(21-20(19(23)24)7-9-25-10-8-20)17-12-16(17)15-6-5-13-3-1-2-4-14(13)11-15/h1-6,11,16-17H,7-10,12H2,(H,21,22)(H,23,24). The molecule has 5 heteroatoms. The minimum atomic E-state index is -1.07. The van der Waals surface area contributed by atoms with Crippen LogP contribution in [0.5, 0.6) is 0 Å². The van der Waals surface area contributed by atoms with Crippen molar-refractivity contribution in [2.24, 2.45) is 5.92 Å². The SMILES string of the molecule is O=C(NC1(C(=O)O)CCSCC1)C1CC1c1ccc2ccccc2c1. The highest BCUT2D eigenvalue weighted by Crippen LogP contribution is 2.48. The van der Waals surface area contributed by atoms with Crippen LogP contribution in [0.15, 0.2) is 42.5 Å². The molecule has 2 N–H and O–H groups in total. The van der Waals surface area contributed by atoms with Crippen molar-refractivity contribution in [3.8, 4) is 0 Å². The van der Waals surface area contributed by atoms with E-state index in [-0.39, 0.29) is 17.7 Å². The third kappa shape index (κ3) is 3.13. The maximum absolute atomic E-state index is 12.6. The maximum atomic E-state index is 12.6. The zero-order valence-corrected chi connectivity index (χ0v) is 14.7.